The number of nitrogens with zero attached hydrogens (tertiary/aromatic N) is 5. The van der Waals surface area contributed by atoms with E-state index in [-0.39, 0.29) is 50.6 Å². The molecule has 2 amide bonds. The molecule has 0 aliphatic rings. The Balaban J connectivity index is 1.33. The number of ketones is 1. The molecule has 1 N–H and O–H groups in total. The number of esters is 1. The van der Waals surface area contributed by atoms with Crippen LogP contribution in [0.4, 0.5) is 10.6 Å². The molecule has 15 heteroatoms. The van der Waals surface area contributed by atoms with Crippen LogP contribution in [0.3, 0.4) is 0 Å². The number of rotatable bonds is 23. The molecule has 0 aliphatic heterocycles. The van der Waals surface area contributed by atoms with E-state index in [1.807, 2.05) is 73.7 Å². The van der Waals surface area contributed by atoms with Crippen LogP contribution in [0.15, 0.2) is 84.1 Å². The fourth-order valence-corrected chi connectivity index (χ4v) is 6.17. The monoisotopic (exact) mass is 810 g/mol. The van der Waals surface area contributed by atoms with Crippen molar-refractivity contribution in [3.05, 3.63) is 101 Å². The predicted molar refractivity (Wildman–Crippen MR) is 224 cm³/mol. The summed E-state index contributed by atoms with van der Waals surface area (Å²) in [5.74, 6) is -0.346. The van der Waals surface area contributed by atoms with Gasteiger partial charge in [0.1, 0.15) is 23.8 Å². The maximum absolute atomic E-state index is 13.2. The van der Waals surface area contributed by atoms with E-state index >= 15 is 0 Å². The van der Waals surface area contributed by atoms with Gasteiger partial charge in [0, 0.05) is 48.3 Å². The minimum Gasteiger partial charge on any atom is -0.491 e. The standard InChI is InChI=1S/C44H54N6O9/c1-31-18-19-46-40(27-31)50(43(54)59-44(2,3)4)21-8-11-41(52)47-30-35(51)28-34(29-42(53)55-5)32-12-14-33(15-13-32)36-16-17-39(38-10-7-6-9-37(36)38)58-26-25-57-24-23-56-22-20-48-49-45/h6-7,9-10,12-19,27,34H,8,11,20-26,28-30H2,1-5H3,(H,47,52)/t34-/m0/s1. The summed E-state index contributed by atoms with van der Waals surface area (Å²) < 4.78 is 27.5. The van der Waals surface area contributed by atoms with Crippen LogP contribution >= 0.6 is 0 Å². The van der Waals surface area contributed by atoms with Crippen molar-refractivity contribution in [3.63, 3.8) is 0 Å². The minimum atomic E-state index is -0.713. The number of hydrogen-bond acceptors (Lipinski definition) is 11. The topological polar surface area (TPSA) is 191 Å². The highest BCUT2D eigenvalue weighted by atomic mass is 16.6. The average Bonchev–Trinajstić information content (AvgIpc) is 3.21. The fraction of sp³-hybridized carbons (Fsp3) is 0.432. The van der Waals surface area contributed by atoms with E-state index < -0.39 is 23.6 Å². The summed E-state index contributed by atoms with van der Waals surface area (Å²) in [5.41, 5.74) is 11.2. The lowest BCUT2D eigenvalue weighted by molar-refractivity contribution is -0.141. The van der Waals surface area contributed by atoms with Gasteiger partial charge in [-0.05, 0) is 85.5 Å². The zero-order valence-corrected chi connectivity index (χ0v) is 34.5. The molecular weight excluding hydrogens is 757 g/mol. The smallest absolute Gasteiger partial charge is 0.416 e. The molecule has 4 rings (SSSR count). The van der Waals surface area contributed by atoms with Crippen LogP contribution in [0.5, 0.6) is 5.75 Å². The minimum absolute atomic E-state index is 0.00778. The molecule has 314 valence electrons. The summed E-state index contributed by atoms with van der Waals surface area (Å²) in [5, 5.41) is 8.04. The lowest BCUT2D eigenvalue weighted by Gasteiger charge is -2.27. The van der Waals surface area contributed by atoms with Crippen molar-refractivity contribution in [3.8, 4) is 16.9 Å². The van der Waals surface area contributed by atoms with Crippen LogP contribution in [0.2, 0.25) is 0 Å². The van der Waals surface area contributed by atoms with Crippen LogP contribution in [0, 0.1) is 6.92 Å². The number of anilines is 1. The number of carbonyl (C=O) groups excluding carboxylic acids is 4. The highest BCUT2D eigenvalue weighted by Crippen LogP contribution is 2.36. The number of aromatic nitrogens is 1. The van der Waals surface area contributed by atoms with Crippen molar-refractivity contribution in [2.24, 2.45) is 5.11 Å². The molecule has 0 bridgehead atoms. The molecule has 1 aromatic heterocycles. The van der Waals surface area contributed by atoms with Gasteiger partial charge in [0.15, 0.2) is 5.78 Å². The number of carbonyl (C=O) groups is 4. The first-order valence-corrected chi connectivity index (χ1v) is 19.6. The summed E-state index contributed by atoms with van der Waals surface area (Å²) >= 11 is 0. The Morgan fingerprint density at radius 1 is 0.898 bits per heavy atom. The number of amides is 2. The quantitative estimate of drug-likeness (QED) is 0.0253. The van der Waals surface area contributed by atoms with Crippen LogP contribution in [-0.4, -0.2) is 94.1 Å². The third kappa shape index (κ3) is 15.3. The van der Waals surface area contributed by atoms with Gasteiger partial charge in [-0.2, -0.15) is 0 Å². The first kappa shape index (κ1) is 45.7. The molecule has 1 heterocycles. The van der Waals surface area contributed by atoms with Crippen molar-refractivity contribution >= 4 is 40.3 Å². The maximum atomic E-state index is 13.2. The second-order valence-electron chi connectivity index (χ2n) is 14.7. The molecule has 15 nitrogen and oxygen atoms in total. The van der Waals surface area contributed by atoms with Crippen molar-refractivity contribution in [1.82, 2.24) is 10.3 Å². The van der Waals surface area contributed by atoms with E-state index in [1.165, 1.54) is 12.0 Å². The fourth-order valence-electron chi connectivity index (χ4n) is 6.17. The number of aryl methyl sites for hydroxylation is 1. The van der Waals surface area contributed by atoms with Crippen molar-refractivity contribution < 1.29 is 42.9 Å². The van der Waals surface area contributed by atoms with Gasteiger partial charge in [-0.1, -0.05) is 59.7 Å². The molecule has 0 unspecified atom stereocenters. The summed E-state index contributed by atoms with van der Waals surface area (Å²) in [6, 6.07) is 23.2. The Bertz CT molecular complexity index is 2060. The van der Waals surface area contributed by atoms with E-state index in [2.05, 4.69) is 20.3 Å². The first-order valence-electron chi connectivity index (χ1n) is 19.6. The van der Waals surface area contributed by atoms with Crippen LogP contribution in [0.25, 0.3) is 32.3 Å². The largest absolute Gasteiger partial charge is 0.491 e. The maximum Gasteiger partial charge on any atom is 0.416 e. The Morgan fingerprint density at radius 2 is 1.61 bits per heavy atom. The molecule has 0 radical (unpaired) electrons. The zero-order chi connectivity index (χ0) is 42.6. The SMILES string of the molecule is COC(=O)C[C@H](CC(=O)CNC(=O)CCCN(C(=O)OC(C)(C)C)c1cc(C)ccn1)c1ccc(-c2ccc(OCCOCCOCCN=[N+]=[N-])c3ccccc23)cc1. The molecule has 0 spiro atoms. The number of ether oxygens (including phenoxy) is 5. The molecule has 0 saturated carbocycles. The van der Waals surface area contributed by atoms with Crippen molar-refractivity contribution in [2.75, 3.05) is 64.7 Å². The van der Waals surface area contributed by atoms with E-state index in [4.69, 9.17) is 29.2 Å². The second kappa shape index (κ2) is 23.4. The number of azide groups is 1. The summed E-state index contributed by atoms with van der Waals surface area (Å²) in [6.07, 6.45) is 1.44. The van der Waals surface area contributed by atoms with Gasteiger partial charge in [0.25, 0.3) is 0 Å². The lowest BCUT2D eigenvalue weighted by atomic mass is 9.89. The summed E-state index contributed by atoms with van der Waals surface area (Å²) in [6.45, 7) is 9.36. The lowest BCUT2D eigenvalue weighted by Crippen LogP contribution is -2.38. The number of fused-ring (bicyclic) bond motifs is 1. The number of methoxy groups -OCH3 is 1. The number of Topliss-reactive ketones (excluding diaryl/α,β-unsaturated/α-hetero) is 1. The molecule has 1 atom stereocenters. The Hall–Kier alpha value is -6.02. The molecule has 3 aromatic carbocycles. The summed E-state index contributed by atoms with van der Waals surface area (Å²) in [4.78, 5) is 59.8. The molecule has 0 aliphatic carbocycles. The van der Waals surface area contributed by atoms with E-state index in [0.717, 1.165) is 38.8 Å². The van der Waals surface area contributed by atoms with Crippen molar-refractivity contribution in [1.29, 1.82) is 0 Å². The molecule has 4 aromatic rings. The van der Waals surface area contributed by atoms with E-state index in [0.29, 0.717) is 45.3 Å². The molecule has 0 fully saturated rings. The Morgan fingerprint density at radius 3 is 2.31 bits per heavy atom. The average molecular weight is 811 g/mol. The van der Waals surface area contributed by atoms with Gasteiger partial charge < -0.3 is 29.0 Å². The highest BCUT2D eigenvalue weighted by molar-refractivity contribution is 6.00. The predicted octanol–water partition coefficient (Wildman–Crippen LogP) is 7.88. The highest BCUT2D eigenvalue weighted by Gasteiger charge is 2.25. The Kier molecular flexibility index (Phi) is 18.1. The summed E-state index contributed by atoms with van der Waals surface area (Å²) in [7, 11) is 1.31. The normalized spacial score (nSPS) is 11.6. The zero-order valence-electron chi connectivity index (χ0n) is 34.5. The molecule has 0 saturated heterocycles. The third-order valence-corrected chi connectivity index (χ3v) is 9.01. The van der Waals surface area contributed by atoms with Gasteiger partial charge in [-0.3, -0.25) is 19.3 Å². The number of hydrogen-bond donors (Lipinski definition) is 1. The van der Waals surface area contributed by atoms with Gasteiger partial charge in [0.2, 0.25) is 5.91 Å². The van der Waals surface area contributed by atoms with Gasteiger partial charge in [-0.15, -0.1) is 0 Å². The third-order valence-electron chi connectivity index (χ3n) is 9.01. The molecular formula is C44H54N6O9. The van der Waals surface area contributed by atoms with Crippen molar-refractivity contribution in [2.45, 2.75) is 64.9 Å². The van der Waals surface area contributed by atoms with Gasteiger partial charge in [-0.25, -0.2) is 9.78 Å². The number of nitrogens with one attached hydrogen (secondary N) is 1. The van der Waals surface area contributed by atoms with Crippen LogP contribution < -0.4 is 15.0 Å². The van der Waals surface area contributed by atoms with E-state index in [1.54, 1.807) is 33.0 Å². The van der Waals surface area contributed by atoms with Gasteiger partial charge in [0.05, 0.1) is 46.5 Å². The number of benzene rings is 3. The van der Waals surface area contributed by atoms with Crippen LogP contribution in [-0.2, 0) is 33.3 Å². The second-order valence-corrected chi connectivity index (χ2v) is 14.7. The Labute approximate surface area is 344 Å². The number of pyridine rings is 1. The first-order chi connectivity index (χ1) is 28.4. The van der Waals surface area contributed by atoms with Gasteiger partial charge >= 0.3 is 12.1 Å². The van der Waals surface area contributed by atoms with E-state index in [9.17, 15) is 19.2 Å². The van der Waals surface area contributed by atoms with Crippen LogP contribution in [0.1, 0.15) is 63.5 Å². The molecule has 59 heavy (non-hydrogen) atoms.